The van der Waals surface area contributed by atoms with Gasteiger partial charge in [0.2, 0.25) is 10.9 Å². The zero-order chi connectivity index (χ0) is 16.0. The minimum Gasteiger partial charge on any atom is -0.462 e. The summed E-state index contributed by atoms with van der Waals surface area (Å²) in [4.78, 5) is 11.6. The van der Waals surface area contributed by atoms with Gasteiger partial charge in [0.05, 0.1) is 23.6 Å². The van der Waals surface area contributed by atoms with E-state index in [-0.39, 0.29) is 21.6 Å². The lowest BCUT2D eigenvalue weighted by Gasteiger charge is -2.17. The number of benzene rings is 1. The molecular weight excluding hydrogens is 318 g/mol. The second-order valence-electron chi connectivity index (χ2n) is 3.82. The molecule has 0 unspecified atom stereocenters. The Kier molecular flexibility index (Phi) is 5.91. The van der Waals surface area contributed by atoms with Crippen LogP contribution in [0.25, 0.3) is 0 Å². The molecule has 1 aromatic carbocycles. The van der Waals surface area contributed by atoms with Gasteiger partial charge >= 0.3 is 5.97 Å². The van der Waals surface area contributed by atoms with E-state index < -0.39 is 32.6 Å². The molecule has 0 saturated heterocycles. The van der Waals surface area contributed by atoms with E-state index in [0.717, 1.165) is 12.1 Å². The Labute approximate surface area is 125 Å². The van der Waals surface area contributed by atoms with Gasteiger partial charge in [-0.2, -0.15) is 3.71 Å². The second kappa shape index (κ2) is 7.23. The van der Waals surface area contributed by atoms with Crippen LogP contribution < -0.4 is 3.71 Å². The number of esters is 1. The summed E-state index contributed by atoms with van der Waals surface area (Å²) in [5, 5.41) is 0. The molecule has 1 rings (SSSR count). The molecule has 0 atom stereocenters. The molecule has 9 heteroatoms. The number of thiol groups is 1. The highest BCUT2D eigenvalue weighted by Gasteiger charge is 2.24. The van der Waals surface area contributed by atoms with Gasteiger partial charge in [-0.3, -0.25) is 0 Å². The van der Waals surface area contributed by atoms with E-state index >= 15 is 0 Å². The van der Waals surface area contributed by atoms with Crippen LogP contribution in [0.3, 0.4) is 0 Å². The largest absolute Gasteiger partial charge is 0.462 e. The van der Waals surface area contributed by atoms with Gasteiger partial charge in [-0.15, -0.1) is 6.58 Å². The van der Waals surface area contributed by atoms with Crippen molar-refractivity contribution in [2.75, 3.05) is 16.1 Å². The van der Waals surface area contributed by atoms with Gasteiger partial charge in [0.1, 0.15) is 0 Å². The van der Waals surface area contributed by atoms with Crippen molar-refractivity contribution in [1.29, 1.82) is 0 Å². The molecule has 0 aliphatic carbocycles. The third-order valence-electron chi connectivity index (χ3n) is 2.32. The summed E-state index contributed by atoms with van der Waals surface area (Å²) >= 11 is 0. The van der Waals surface area contributed by atoms with Crippen molar-refractivity contribution in [2.24, 2.45) is 0 Å². The van der Waals surface area contributed by atoms with Crippen molar-refractivity contribution in [3.05, 3.63) is 42.5 Å². The smallest absolute Gasteiger partial charge is 0.338 e. The number of anilines is 1. The van der Waals surface area contributed by atoms with Crippen LogP contribution in [0.4, 0.5) is 5.69 Å². The van der Waals surface area contributed by atoms with Gasteiger partial charge < -0.3 is 4.74 Å². The minimum atomic E-state index is -4.11. The summed E-state index contributed by atoms with van der Waals surface area (Å²) in [5.74, 6) is -1.21. The number of carbonyl (C=O) groups is 1. The molecule has 0 aromatic heterocycles. The average Bonchev–Trinajstić information content (AvgIpc) is 2.38. The highest BCUT2D eigenvalue weighted by Crippen LogP contribution is 2.21. The topological polar surface area (TPSA) is 97.8 Å². The monoisotopic (exact) mass is 333 g/mol. The highest BCUT2D eigenvalue weighted by atomic mass is 32.3. The van der Waals surface area contributed by atoms with E-state index in [4.69, 9.17) is 4.74 Å². The third-order valence-corrected chi connectivity index (χ3v) is 5.39. The predicted molar refractivity (Wildman–Crippen MR) is 79.2 cm³/mol. The number of nitrogens with zero attached hydrogens (tertiary/aromatic N) is 1. The first-order valence-electron chi connectivity index (χ1n) is 5.89. The zero-order valence-electron chi connectivity index (χ0n) is 11.3. The fourth-order valence-corrected chi connectivity index (χ4v) is 3.74. The maximum atomic E-state index is 11.9. The number of carbonyl (C=O) groups excluding carboxylic acids is 1. The Balaban J connectivity index is 3.31. The molecule has 0 aliphatic rings. The van der Waals surface area contributed by atoms with Gasteiger partial charge in [0, 0.05) is 0 Å². The molecule has 7 nitrogen and oxygen atoms in total. The minimum absolute atomic E-state index is 0.0602. The quantitative estimate of drug-likeness (QED) is 0.448. The summed E-state index contributed by atoms with van der Waals surface area (Å²) in [6.45, 7) is 5.05. The SMILES string of the molecule is C=CCS(=O)(=O)N(c1cccc(C(=O)OCC)c1)[SH](=O)=O. The molecule has 1 aromatic rings. The van der Waals surface area contributed by atoms with Crippen LogP contribution in [0.5, 0.6) is 0 Å². The van der Waals surface area contributed by atoms with Crippen LogP contribution >= 0.6 is 0 Å². The van der Waals surface area contributed by atoms with Gasteiger partial charge in [0.15, 0.2) is 0 Å². The van der Waals surface area contributed by atoms with Crippen molar-refractivity contribution in [1.82, 2.24) is 0 Å². The van der Waals surface area contributed by atoms with Crippen LogP contribution in [-0.4, -0.2) is 35.2 Å². The molecule has 0 N–H and O–H groups in total. The second-order valence-corrected chi connectivity index (χ2v) is 6.83. The maximum Gasteiger partial charge on any atom is 0.338 e. The molecule has 0 heterocycles. The number of hydrogen-bond donors (Lipinski definition) is 1. The van der Waals surface area contributed by atoms with E-state index in [2.05, 4.69) is 6.58 Å². The van der Waals surface area contributed by atoms with Gasteiger partial charge in [-0.1, -0.05) is 12.1 Å². The Morgan fingerprint density at radius 1 is 1.43 bits per heavy atom. The van der Waals surface area contributed by atoms with E-state index in [0.29, 0.717) is 0 Å². The molecule has 0 bridgehead atoms. The fourth-order valence-electron chi connectivity index (χ4n) is 1.54. The lowest BCUT2D eigenvalue weighted by Crippen LogP contribution is -2.31. The number of ether oxygens (including phenoxy) is 1. The van der Waals surface area contributed by atoms with Crippen LogP contribution in [-0.2, 0) is 25.7 Å². The molecular formula is C12H15NO6S2. The summed E-state index contributed by atoms with van der Waals surface area (Å²) < 4.78 is 51.4. The average molecular weight is 333 g/mol. The van der Waals surface area contributed by atoms with Gasteiger partial charge in [-0.25, -0.2) is 21.6 Å². The van der Waals surface area contributed by atoms with Crippen LogP contribution in [0.1, 0.15) is 17.3 Å². The van der Waals surface area contributed by atoms with Gasteiger partial charge in [-0.05, 0) is 25.1 Å². The summed E-state index contributed by atoms with van der Waals surface area (Å²) in [7, 11) is -7.55. The van der Waals surface area contributed by atoms with Crippen molar-refractivity contribution in [3.8, 4) is 0 Å². The molecule has 0 fully saturated rings. The molecule has 0 saturated carbocycles. The van der Waals surface area contributed by atoms with E-state index in [1.54, 1.807) is 6.92 Å². The molecule has 116 valence electrons. The van der Waals surface area contributed by atoms with Crippen molar-refractivity contribution >= 4 is 32.6 Å². The summed E-state index contributed by atoms with van der Waals surface area (Å²) in [6.07, 6.45) is 1.08. The first kappa shape index (κ1) is 17.2. The normalized spacial score (nSPS) is 11.1. The van der Waals surface area contributed by atoms with Crippen LogP contribution in [0.15, 0.2) is 36.9 Å². The predicted octanol–water partition coefficient (Wildman–Crippen LogP) is 0.712. The van der Waals surface area contributed by atoms with Crippen molar-refractivity contribution < 1.29 is 26.4 Å². The van der Waals surface area contributed by atoms with E-state index in [9.17, 15) is 21.6 Å². The Morgan fingerprint density at radius 3 is 2.62 bits per heavy atom. The van der Waals surface area contributed by atoms with Crippen LogP contribution in [0.2, 0.25) is 0 Å². The standard InChI is InChI=1S/C12H15NO6S2/c1-3-8-21(17,18)13(20(15)16)11-7-5-6-10(9-11)12(14)19-4-2/h3,5-7,9,20H,1,4,8H2,2H3. The van der Waals surface area contributed by atoms with Gasteiger partial charge in [0.25, 0.3) is 10.0 Å². The number of hydrogen-bond acceptors (Lipinski definition) is 6. The number of rotatable bonds is 7. The molecule has 21 heavy (non-hydrogen) atoms. The summed E-state index contributed by atoms with van der Waals surface area (Å²) in [5.41, 5.74) is -0.0940. The molecule has 0 aliphatic heterocycles. The van der Waals surface area contributed by atoms with Crippen molar-refractivity contribution in [3.63, 3.8) is 0 Å². The Bertz CT molecular complexity index is 700. The molecule has 0 spiro atoms. The Morgan fingerprint density at radius 2 is 2.10 bits per heavy atom. The third kappa shape index (κ3) is 4.30. The maximum absolute atomic E-state index is 11.9. The Hall–Kier alpha value is -1.87. The zero-order valence-corrected chi connectivity index (χ0v) is 13.0. The molecule has 0 amide bonds. The van der Waals surface area contributed by atoms with Crippen molar-refractivity contribution in [2.45, 2.75) is 6.92 Å². The van der Waals surface area contributed by atoms with E-state index in [1.165, 1.54) is 18.2 Å². The lowest BCUT2D eigenvalue weighted by molar-refractivity contribution is 0.0526. The fraction of sp³-hybridized carbons (Fsp3) is 0.250. The lowest BCUT2D eigenvalue weighted by atomic mass is 10.2. The summed E-state index contributed by atoms with van der Waals surface area (Å²) in [6, 6.07) is 5.19. The highest BCUT2D eigenvalue weighted by molar-refractivity contribution is 8.03. The first-order valence-corrected chi connectivity index (χ1v) is 8.62. The first-order chi connectivity index (χ1) is 9.83. The molecule has 0 radical (unpaired) electrons. The number of sulfonamides is 1. The van der Waals surface area contributed by atoms with E-state index in [1.807, 2.05) is 0 Å². The van der Waals surface area contributed by atoms with Crippen LogP contribution in [0, 0.1) is 0 Å².